The number of nitrogens with one attached hydrogen (secondary N) is 1. The molecule has 0 unspecified atom stereocenters. The number of likely N-dealkylation sites (N-methyl/N-ethyl adjacent to an activating group) is 1. The largest absolute Gasteiger partial charge is 0.309 e. The first-order valence-electron chi connectivity index (χ1n) is 8.23. The molecule has 7 heteroatoms. The van der Waals surface area contributed by atoms with E-state index in [-0.39, 0.29) is 17.9 Å². The Morgan fingerprint density at radius 3 is 2.62 bits per heavy atom. The highest BCUT2D eigenvalue weighted by atomic mass is 35.5. The Morgan fingerprint density at radius 2 is 1.92 bits per heavy atom. The molecule has 1 N–H and O–H groups in total. The number of piperazine rings is 1. The highest BCUT2D eigenvalue weighted by Crippen LogP contribution is 2.19. The van der Waals surface area contributed by atoms with Gasteiger partial charge in [0.1, 0.15) is 5.65 Å². The zero-order valence-electron chi connectivity index (χ0n) is 14.6. The van der Waals surface area contributed by atoms with Crippen molar-refractivity contribution in [3.8, 4) is 0 Å². The number of imidazole rings is 1. The van der Waals surface area contributed by atoms with Gasteiger partial charge in [-0.1, -0.05) is 17.7 Å². The van der Waals surface area contributed by atoms with Crippen LogP contribution in [0.5, 0.6) is 0 Å². The summed E-state index contributed by atoms with van der Waals surface area (Å²) in [5.41, 5.74) is 2.05. The van der Waals surface area contributed by atoms with Gasteiger partial charge in [-0.3, -0.25) is 4.90 Å². The number of hydrogen-bond acceptors (Lipinski definition) is 4. The fraction of sp³-hybridized carbons (Fsp3) is 0.588. The molecule has 0 aliphatic carbocycles. The summed E-state index contributed by atoms with van der Waals surface area (Å²) in [4.78, 5) is 9.35. The molecule has 5 nitrogen and oxygen atoms in total. The maximum Gasteiger partial charge on any atom is 0.152 e. The molecule has 0 atom stereocenters. The minimum Gasteiger partial charge on any atom is -0.309 e. The van der Waals surface area contributed by atoms with Crippen LogP contribution >= 0.6 is 24.0 Å². The van der Waals surface area contributed by atoms with Crippen LogP contribution in [0.4, 0.5) is 0 Å². The van der Waals surface area contributed by atoms with Gasteiger partial charge in [-0.25, -0.2) is 4.98 Å². The summed E-state index contributed by atoms with van der Waals surface area (Å²) in [7, 11) is 2.19. The maximum atomic E-state index is 6.29. The minimum atomic E-state index is 0. The van der Waals surface area contributed by atoms with E-state index in [2.05, 4.69) is 45.4 Å². The van der Waals surface area contributed by atoms with E-state index in [1.807, 2.05) is 24.4 Å². The molecule has 1 saturated heterocycles. The summed E-state index contributed by atoms with van der Waals surface area (Å²) in [6.45, 7) is 10.8. The highest BCUT2D eigenvalue weighted by Gasteiger charge is 2.28. The topological polar surface area (TPSA) is 35.8 Å². The van der Waals surface area contributed by atoms with Crippen LogP contribution in [-0.2, 0) is 6.54 Å². The second-order valence-electron chi connectivity index (χ2n) is 6.98. The van der Waals surface area contributed by atoms with E-state index >= 15 is 0 Å². The number of hydrogen-bond donors (Lipinski definition) is 1. The molecule has 2 aromatic heterocycles. The second kappa shape index (κ2) is 8.02. The first-order chi connectivity index (χ1) is 11.0. The van der Waals surface area contributed by atoms with E-state index < -0.39 is 0 Å². The van der Waals surface area contributed by atoms with E-state index in [4.69, 9.17) is 11.6 Å². The summed E-state index contributed by atoms with van der Waals surface area (Å²) >= 11 is 6.29. The molecule has 0 spiro atoms. The zero-order chi connectivity index (χ0) is 16.4. The number of nitrogens with zero attached hydrogens (tertiary/aromatic N) is 4. The lowest BCUT2D eigenvalue weighted by atomic mass is 10.0. The van der Waals surface area contributed by atoms with E-state index in [0.29, 0.717) is 5.15 Å². The monoisotopic (exact) mass is 371 g/mol. The fourth-order valence-electron chi connectivity index (χ4n) is 3.19. The number of rotatable bonds is 5. The predicted octanol–water partition coefficient (Wildman–Crippen LogP) is 2.53. The summed E-state index contributed by atoms with van der Waals surface area (Å²) in [6.07, 6.45) is 2.01. The van der Waals surface area contributed by atoms with Crippen LogP contribution in [0.1, 0.15) is 19.5 Å². The standard InChI is InChI=1S/C17H26ClN5.ClH/c1-17(2,22-10-8-21(3)9-11-22)13-19-12-14-16(18)20-15-6-4-5-7-23(14)15;/h4-7,19H,8-13H2,1-3H3;1H. The highest BCUT2D eigenvalue weighted by molar-refractivity contribution is 6.30. The smallest absolute Gasteiger partial charge is 0.152 e. The van der Waals surface area contributed by atoms with Crippen LogP contribution in [0.2, 0.25) is 5.15 Å². The van der Waals surface area contributed by atoms with Crippen molar-refractivity contribution in [2.75, 3.05) is 39.8 Å². The zero-order valence-corrected chi connectivity index (χ0v) is 16.2. The van der Waals surface area contributed by atoms with Crippen LogP contribution in [0.15, 0.2) is 24.4 Å². The molecule has 0 radical (unpaired) electrons. The summed E-state index contributed by atoms with van der Waals surface area (Å²) in [5, 5.41) is 4.15. The van der Waals surface area contributed by atoms with E-state index in [1.54, 1.807) is 0 Å². The molecule has 134 valence electrons. The lowest BCUT2D eigenvalue weighted by molar-refractivity contribution is 0.0617. The molecule has 0 bridgehead atoms. The molecule has 0 saturated carbocycles. The Bertz CT molecular complexity index is 662. The Labute approximate surface area is 155 Å². The van der Waals surface area contributed by atoms with Crippen LogP contribution in [-0.4, -0.2) is 64.5 Å². The predicted molar refractivity (Wildman–Crippen MR) is 102 cm³/mol. The third-order valence-corrected chi connectivity index (χ3v) is 5.09. The molecule has 2 aromatic rings. The maximum absolute atomic E-state index is 6.29. The normalized spacial score (nSPS) is 17.2. The molecule has 24 heavy (non-hydrogen) atoms. The molecule has 0 aromatic carbocycles. The number of pyridine rings is 1. The van der Waals surface area contributed by atoms with Crippen molar-refractivity contribution < 1.29 is 0 Å². The van der Waals surface area contributed by atoms with Crippen molar-refractivity contribution in [3.63, 3.8) is 0 Å². The van der Waals surface area contributed by atoms with Gasteiger partial charge in [0.2, 0.25) is 0 Å². The van der Waals surface area contributed by atoms with Gasteiger partial charge in [-0.2, -0.15) is 0 Å². The SMILES string of the molecule is CN1CCN(C(C)(C)CNCc2c(Cl)nc3ccccn23)CC1.Cl. The average molecular weight is 372 g/mol. The molecular formula is C17H27Cl2N5. The summed E-state index contributed by atoms with van der Waals surface area (Å²) in [5.74, 6) is 0. The molecule has 3 heterocycles. The van der Waals surface area contributed by atoms with Gasteiger partial charge in [0.15, 0.2) is 5.15 Å². The van der Waals surface area contributed by atoms with Crippen molar-refractivity contribution in [1.29, 1.82) is 0 Å². The van der Waals surface area contributed by atoms with Crippen molar-refractivity contribution in [2.24, 2.45) is 0 Å². The minimum absolute atomic E-state index is 0. The van der Waals surface area contributed by atoms with Crippen LogP contribution in [0.25, 0.3) is 5.65 Å². The first kappa shape index (κ1) is 19.5. The Morgan fingerprint density at radius 1 is 1.21 bits per heavy atom. The number of aromatic nitrogens is 2. The van der Waals surface area contributed by atoms with Gasteiger partial charge in [0.05, 0.1) is 5.69 Å². The number of fused-ring (bicyclic) bond motifs is 1. The first-order valence-corrected chi connectivity index (χ1v) is 8.61. The van der Waals surface area contributed by atoms with E-state index in [0.717, 1.165) is 50.6 Å². The van der Waals surface area contributed by atoms with Crippen molar-refractivity contribution >= 4 is 29.7 Å². The lowest BCUT2D eigenvalue weighted by Gasteiger charge is -2.43. The van der Waals surface area contributed by atoms with Crippen LogP contribution < -0.4 is 5.32 Å². The van der Waals surface area contributed by atoms with Gasteiger partial charge in [0.25, 0.3) is 0 Å². The Kier molecular flexibility index (Phi) is 6.51. The van der Waals surface area contributed by atoms with Gasteiger partial charge in [-0.15, -0.1) is 12.4 Å². The lowest BCUT2D eigenvalue weighted by Crippen LogP contribution is -2.57. The van der Waals surface area contributed by atoms with Gasteiger partial charge < -0.3 is 14.6 Å². The van der Waals surface area contributed by atoms with Crippen LogP contribution in [0.3, 0.4) is 0 Å². The molecule has 0 amide bonds. The average Bonchev–Trinajstić information content (AvgIpc) is 2.84. The van der Waals surface area contributed by atoms with Gasteiger partial charge >= 0.3 is 0 Å². The number of halogens is 2. The quantitative estimate of drug-likeness (QED) is 0.875. The molecule has 1 fully saturated rings. The third kappa shape index (κ3) is 4.21. The molecule has 1 aliphatic heterocycles. The van der Waals surface area contributed by atoms with E-state index in [1.165, 1.54) is 0 Å². The Hall–Kier alpha value is -0.850. The van der Waals surface area contributed by atoms with Crippen molar-refractivity contribution in [3.05, 3.63) is 35.2 Å². The fourth-order valence-corrected chi connectivity index (χ4v) is 3.43. The molecule has 3 rings (SSSR count). The summed E-state index contributed by atoms with van der Waals surface area (Å²) < 4.78 is 2.05. The van der Waals surface area contributed by atoms with Gasteiger partial charge in [-0.05, 0) is 33.0 Å². The molecule has 1 aliphatic rings. The third-order valence-electron chi connectivity index (χ3n) is 4.79. The van der Waals surface area contributed by atoms with Crippen molar-refractivity contribution in [1.82, 2.24) is 24.5 Å². The van der Waals surface area contributed by atoms with Crippen molar-refractivity contribution in [2.45, 2.75) is 25.9 Å². The van der Waals surface area contributed by atoms with Crippen LogP contribution in [0, 0.1) is 0 Å². The Balaban J connectivity index is 0.00000208. The molecular weight excluding hydrogens is 345 g/mol. The van der Waals surface area contributed by atoms with Gasteiger partial charge in [0, 0.05) is 51.0 Å². The second-order valence-corrected chi connectivity index (χ2v) is 7.34. The summed E-state index contributed by atoms with van der Waals surface area (Å²) in [6, 6.07) is 5.96. The van der Waals surface area contributed by atoms with E-state index in [9.17, 15) is 0 Å².